The third kappa shape index (κ3) is 3.07. The number of fused-ring (bicyclic) bond motifs is 1. The van der Waals surface area contributed by atoms with Gasteiger partial charge in [0.1, 0.15) is 5.75 Å². The van der Waals surface area contributed by atoms with Gasteiger partial charge in [-0.05, 0) is 40.6 Å². The second-order valence-electron chi connectivity index (χ2n) is 4.61. The van der Waals surface area contributed by atoms with E-state index in [-0.39, 0.29) is 4.83 Å². The average Bonchev–Trinajstić information content (AvgIpc) is 2.84. The molecule has 3 rings (SSSR count). The second-order valence-corrected chi connectivity index (χ2v) is 7.82. The number of alkyl halides is 1. The molecule has 108 valence electrons. The highest BCUT2D eigenvalue weighted by atomic mass is 79.9. The Kier molecular flexibility index (Phi) is 4.46. The van der Waals surface area contributed by atoms with Gasteiger partial charge in [-0.1, -0.05) is 57.3 Å². The van der Waals surface area contributed by atoms with E-state index in [4.69, 9.17) is 27.9 Å². The van der Waals surface area contributed by atoms with Crippen molar-refractivity contribution in [2.45, 2.75) is 4.83 Å². The summed E-state index contributed by atoms with van der Waals surface area (Å²) in [6.07, 6.45) is 0. The van der Waals surface area contributed by atoms with E-state index in [9.17, 15) is 0 Å². The van der Waals surface area contributed by atoms with Gasteiger partial charge in [-0.15, -0.1) is 11.3 Å². The summed E-state index contributed by atoms with van der Waals surface area (Å²) in [6, 6.07) is 14.3. The van der Waals surface area contributed by atoms with Gasteiger partial charge in [0.25, 0.3) is 0 Å². The summed E-state index contributed by atoms with van der Waals surface area (Å²) in [5, 5.41) is 2.31. The molecule has 0 amide bonds. The molecular formula is C16H11BrCl2OS. The number of rotatable bonds is 3. The molecule has 1 heterocycles. The zero-order valence-electron chi connectivity index (χ0n) is 11.1. The molecule has 21 heavy (non-hydrogen) atoms. The lowest BCUT2D eigenvalue weighted by Crippen LogP contribution is -1.91. The summed E-state index contributed by atoms with van der Waals surface area (Å²) >= 11 is 17.4. The Labute approximate surface area is 145 Å². The lowest BCUT2D eigenvalue weighted by atomic mass is 10.0. The van der Waals surface area contributed by atoms with E-state index in [1.165, 1.54) is 11.3 Å². The fourth-order valence-corrected chi connectivity index (χ4v) is 4.69. The van der Waals surface area contributed by atoms with Crippen molar-refractivity contribution in [3.8, 4) is 5.75 Å². The Morgan fingerprint density at radius 1 is 1.05 bits per heavy atom. The summed E-state index contributed by atoms with van der Waals surface area (Å²) in [7, 11) is 1.67. The van der Waals surface area contributed by atoms with Crippen LogP contribution in [-0.2, 0) is 0 Å². The monoisotopic (exact) mass is 400 g/mol. The Morgan fingerprint density at radius 3 is 2.43 bits per heavy atom. The van der Waals surface area contributed by atoms with Gasteiger partial charge < -0.3 is 4.74 Å². The summed E-state index contributed by atoms with van der Waals surface area (Å²) < 4.78 is 6.67. The number of hydrogen-bond donors (Lipinski definition) is 0. The number of halogens is 3. The molecule has 0 spiro atoms. The third-order valence-electron chi connectivity index (χ3n) is 3.32. The molecule has 5 heteroatoms. The third-order valence-corrected chi connectivity index (χ3v) is 5.86. The topological polar surface area (TPSA) is 9.23 Å². The molecule has 1 unspecified atom stereocenters. The van der Waals surface area contributed by atoms with Crippen molar-refractivity contribution in [3.05, 3.63) is 62.3 Å². The zero-order chi connectivity index (χ0) is 15.0. The Bertz CT molecular complexity index is 800. The molecule has 0 radical (unpaired) electrons. The molecule has 0 fully saturated rings. The van der Waals surface area contributed by atoms with E-state index in [1.54, 1.807) is 7.11 Å². The molecule has 0 bridgehead atoms. The van der Waals surface area contributed by atoms with E-state index >= 15 is 0 Å². The Hall–Kier alpha value is -0.740. The standard InChI is InChI=1S/C16H11BrCl2OS/c1-20-12-5-4-9-6-11(3-2-10(9)7-12)15(17)13-8-14(18)21-16(13)19/h2-8,15H,1H3. The van der Waals surface area contributed by atoms with Crippen LogP contribution in [0.25, 0.3) is 10.8 Å². The van der Waals surface area contributed by atoms with Gasteiger partial charge in [0.2, 0.25) is 0 Å². The van der Waals surface area contributed by atoms with Crippen LogP contribution in [0.1, 0.15) is 16.0 Å². The van der Waals surface area contributed by atoms with Crippen LogP contribution in [0.5, 0.6) is 5.75 Å². The maximum atomic E-state index is 6.24. The minimum Gasteiger partial charge on any atom is -0.497 e. The Morgan fingerprint density at radius 2 is 1.76 bits per heavy atom. The van der Waals surface area contributed by atoms with Gasteiger partial charge in [0.05, 0.1) is 20.6 Å². The van der Waals surface area contributed by atoms with Gasteiger partial charge in [0.15, 0.2) is 0 Å². The van der Waals surface area contributed by atoms with Crippen LogP contribution in [0, 0.1) is 0 Å². The number of hydrogen-bond acceptors (Lipinski definition) is 2. The predicted octanol–water partition coefficient (Wildman–Crippen LogP) is 6.70. The van der Waals surface area contributed by atoms with Crippen molar-refractivity contribution < 1.29 is 4.74 Å². The summed E-state index contributed by atoms with van der Waals surface area (Å²) in [6.45, 7) is 0. The van der Waals surface area contributed by atoms with Crippen LogP contribution >= 0.6 is 50.5 Å². The van der Waals surface area contributed by atoms with Crippen LogP contribution < -0.4 is 4.74 Å². The van der Waals surface area contributed by atoms with Crippen LogP contribution in [0.4, 0.5) is 0 Å². The quantitative estimate of drug-likeness (QED) is 0.443. The molecule has 1 atom stereocenters. The predicted molar refractivity (Wildman–Crippen MR) is 95.6 cm³/mol. The average molecular weight is 402 g/mol. The highest BCUT2D eigenvalue weighted by Crippen LogP contribution is 2.42. The van der Waals surface area contributed by atoms with Crippen LogP contribution in [0.15, 0.2) is 42.5 Å². The smallest absolute Gasteiger partial charge is 0.119 e. The van der Waals surface area contributed by atoms with Crippen molar-refractivity contribution in [2.75, 3.05) is 7.11 Å². The van der Waals surface area contributed by atoms with Gasteiger partial charge in [-0.3, -0.25) is 0 Å². The van der Waals surface area contributed by atoms with Gasteiger partial charge in [-0.2, -0.15) is 0 Å². The number of ether oxygens (including phenoxy) is 1. The van der Waals surface area contributed by atoms with Crippen LogP contribution in [0.3, 0.4) is 0 Å². The van der Waals surface area contributed by atoms with Gasteiger partial charge in [0, 0.05) is 5.56 Å². The van der Waals surface area contributed by atoms with E-state index in [0.717, 1.165) is 32.0 Å². The zero-order valence-corrected chi connectivity index (χ0v) is 15.0. The molecule has 0 saturated heterocycles. The minimum atomic E-state index is 0.0280. The highest BCUT2D eigenvalue weighted by molar-refractivity contribution is 9.09. The molecule has 0 aliphatic heterocycles. The van der Waals surface area contributed by atoms with Crippen molar-refractivity contribution in [2.24, 2.45) is 0 Å². The van der Waals surface area contributed by atoms with Gasteiger partial charge in [-0.25, -0.2) is 0 Å². The van der Waals surface area contributed by atoms with Crippen LogP contribution in [-0.4, -0.2) is 7.11 Å². The SMILES string of the molecule is COc1ccc2cc(C(Br)c3cc(Cl)sc3Cl)ccc2c1. The molecule has 0 aliphatic rings. The van der Waals surface area contributed by atoms with E-state index < -0.39 is 0 Å². The fraction of sp³-hybridized carbons (Fsp3) is 0.125. The molecular weight excluding hydrogens is 391 g/mol. The van der Waals surface area contributed by atoms with E-state index in [2.05, 4.69) is 40.2 Å². The molecule has 2 aromatic carbocycles. The first-order valence-electron chi connectivity index (χ1n) is 6.25. The molecule has 0 saturated carbocycles. The number of benzene rings is 2. The van der Waals surface area contributed by atoms with Crippen molar-refractivity contribution in [1.82, 2.24) is 0 Å². The molecule has 0 aliphatic carbocycles. The minimum absolute atomic E-state index is 0.0280. The fourth-order valence-electron chi connectivity index (χ4n) is 2.23. The maximum Gasteiger partial charge on any atom is 0.119 e. The lowest BCUT2D eigenvalue weighted by Gasteiger charge is -2.11. The summed E-state index contributed by atoms with van der Waals surface area (Å²) in [5.41, 5.74) is 2.14. The van der Waals surface area contributed by atoms with Crippen molar-refractivity contribution in [3.63, 3.8) is 0 Å². The normalized spacial score (nSPS) is 12.6. The second kappa shape index (κ2) is 6.17. The van der Waals surface area contributed by atoms with Crippen molar-refractivity contribution >= 4 is 61.2 Å². The van der Waals surface area contributed by atoms with Gasteiger partial charge >= 0.3 is 0 Å². The molecule has 1 nitrogen and oxygen atoms in total. The van der Waals surface area contributed by atoms with E-state index in [0.29, 0.717) is 4.34 Å². The first-order valence-corrected chi connectivity index (χ1v) is 8.74. The van der Waals surface area contributed by atoms with E-state index in [1.807, 2.05) is 18.2 Å². The maximum absolute atomic E-state index is 6.24. The first-order chi connectivity index (χ1) is 10.1. The lowest BCUT2D eigenvalue weighted by molar-refractivity contribution is 0.415. The number of methoxy groups -OCH3 is 1. The number of thiophene rings is 1. The Balaban J connectivity index is 2.02. The highest BCUT2D eigenvalue weighted by Gasteiger charge is 2.17. The van der Waals surface area contributed by atoms with Crippen molar-refractivity contribution in [1.29, 1.82) is 0 Å². The summed E-state index contributed by atoms with van der Waals surface area (Å²) in [5.74, 6) is 0.860. The first kappa shape index (κ1) is 15.2. The largest absolute Gasteiger partial charge is 0.497 e. The van der Waals surface area contributed by atoms with Crippen LogP contribution in [0.2, 0.25) is 8.67 Å². The molecule has 3 aromatic rings. The molecule has 0 N–H and O–H groups in total. The summed E-state index contributed by atoms with van der Waals surface area (Å²) in [4.78, 5) is 0.0280. The molecule has 1 aromatic heterocycles.